The molecular weight excluding hydrogens is 420 g/mol. The predicted molar refractivity (Wildman–Crippen MR) is 120 cm³/mol. The van der Waals surface area contributed by atoms with Crippen molar-refractivity contribution in [3.63, 3.8) is 0 Å². The summed E-state index contributed by atoms with van der Waals surface area (Å²) in [6.45, 7) is 3.98. The van der Waals surface area contributed by atoms with Gasteiger partial charge < -0.3 is 10.6 Å². The number of hydrogen-bond donors (Lipinski definition) is 2. The maximum absolute atomic E-state index is 12.5. The number of carbonyl (C=O) groups excluding carboxylic acids is 1. The van der Waals surface area contributed by atoms with Crippen LogP contribution in [0, 0.1) is 5.92 Å². The molecule has 2 N–H and O–H groups in total. The van der Waals surface area contributed by atoms with E-state index in [1.54, 1.807) is 28.4 Å². The monoisotopic (exact) mass is 440 g/mol. The summed E-state index contributed by atoms with van der Waals surface area (Å²) in [5.74, 6) is 0.892. The molecule has 9 heteroatoms. The summed E-state index contributed by atoms with van der Waals surface area (Å²) in [7, 11) is 0. The molecule has 0 fully saturated rings. The highest BCUT2D eigenvalue weighted by Gasteiger charge is 2.29. The molecule has 0 aliphatic heterocycles. The Bertz CT molecular complexity index is 1260. The molecule has 4 heterocycles. The number of anilines is 2. The molecule has 0 saturated carbocycles. The molecule has 1 amide bonds. The number of aryl methyl sites for hydroxylation is 1. The molecule has 7 nitrogen and oxygen atoms in total. The minimum absolute atomic E-state index is 0.0102. The highest BCUT2D eigenvalue weighted by Crippen LogP contribution is 2.41. The molecule has 1 aliphatic rings. The molecule has 0 spiro atoms. The fourth-order valence-corrected chi connectivity index (χ4v) is 5.55. The number of fused-ring (bicyclic) bond motifs is 4. The smallest absolute Gasteiger partial charge is 0.223 e. The quantitative estimate of drug-likeness (QED) is 0.492. The van der Waals surface area contributed by atoms with Crippen molar-refractivity contribution in [1.82, 2.24) is 24.9 Å². The lowest BCUT2D eigenvalue weighted by Crippen LogP contribution is -2.37. The Morgan fingerprint density at radius 1 is 1.33 bits per heavy atom. The number of nitrogens with one attached hydrogen (secondary N) is 2. The highest BCUT2D eigenvalue weighted by molar-refractivity contribution is 7.19. The number of halogens is 1. The van der Waals surface area contributed by atoms with Crippen molar-refractivity contribution < 1.29 is 4.79 Å². The lowest BCUT2D eigenvalue weighted by molar-refractivity contribution is -0.125. The van der Waals surface area contributed by atoms with Crippen molar-refractivity contribution in [1.29, 1.82) is 0 Å². The molecule has 1 atom stereocenters. The van der Waals surface area contributed by atoms with Gasteiger partial charge in [-0.05, 0) is 50.8 Å². The second-order valence-electron chi connectivity index (χ2n) is 7.84. The van der Waals surface area contributed by atoms with Gasteiger partial charge in [-0.15, -0.1) is 11.3 Å². The molecular formula is C21H21ClN6OS. The third kappa shape index (κ3) is 3.30. The number of hydrogen-bond acceptors (Lipinski definition) is 6. The maximum atomic E-state index is 12.5. The Morgan fingerprint density at radius 2 is 2.20 bits per heavy atom. The lowest BCUT2D eigenvalue weighted by atomic mass is 9.87. The Morgan fingerprint density at radius 3 is 3.03 bits per heavy atom. The summed E-state index contributed by atoms with van der Waals surface area (Å²) in [5.41, 5.74) is 2.85. The van der Waals surface area contributed by atoms with E-state index in [0.29, 0.717) is 5.02 Å². The largest absolute Gasteiger partial charge is 0.354 e. The van der Waals surface area contributed by atoms with E-state index in [4.69, 9.17) is 11.6 Å². The summed E-state index contributed by atoms with van der Waals surface area (Å²) >= 11 is 8.24. The van der Waals surface area contributed by atoms with Gasteiger partial charge in [0.15, 0.2) is 0 Å². The second kappa shape index (κ2) is 7.52. The van der Waals surface area contributed by atoms with Crippen molar-refractivity contribution >= 4 is 56.1 Å². The third-order valence-electron chi connectivity index (χ3n) is 5.41. The predicted octanol–water partition coefficient (Wildman–Crippen LogP) is 4.37. The summed E-state index contributed by atoms with van der Waals surface area (Å²) in [5, 5.41) is 12.3. The third-order valence-corrected chi connectivity index (χ3v) is 6.97. The average Bonchev–Trinajstić information content (AvgIpc) is 3.34. The summed E-state index contributed by atoms with van der Waals surface area (Å²) in [6.07, 6.45) is 7.56. The Kier molecular flexibility index (Phi) is 4.83. The van der Waals surface area contributed by atoms with E-state index in [-0.39, 0.29) is 17.9 Å². The molecule has 0 bridgehead atoms. The number of amides is 1. The fraction of sp³-hybridized carbons (Fsp3) is 0.333. The molecule has 1 aliphatic carbocycles. The lowest BCUT2D eigenvalue weighted by Gasteiger charge is -2.23. The number of nitrogens with zero attached hydrogens (tertiary/aromatic N) is 4. The summed E-state index contributed by atoms with van der Waals surface area (Å²) in [4.78, 5) is 23.7. The Labute approximate surface area is 182 Å². The van der Waals surface area contributed by atoms with Crippen molar-refractivity contribution in [2.24, 2.45) is 5.92 Å². The minimum atomic E-state index is 0.0102. The first-order chi connectivity index (χ1) is 14.5. The number of carbonyl (C=O) groups is 1. The van der Waals surface area contributed by atoms with Gasteiger partial charge >= 0.3 is 0 Å². The molecule has 30 heavy (non-hydrogen) atoms. The molecule has 5 rings (SSSR count). The van der Waals surface area contributed by atoms with Crippen LogP contribution < -0.4 is 10.6 Å². The molecule has 0 aromatic carbocycles. The van der Waals surface area contributed by atoms with Crippen LogP contribution in [0.15, 0.2) is 30.9 Å². The zero-order valence-corrected chi connectivity index (χ0v) is 18.2. The van der Waals surface area contributed by atoms with Gasteiger partial charge in [0.05, 0.1) is 27.8 Å². The van der Waals surface area contributed by atoms with E-state index in [1.165, 1.54) is 10.4 Å². The molecule has 4 aromatic rings. The fourth-order valence-electron chi connectivity index (χ4n) is 4.02. The van der Waals surface area contributed by atoms with E-state index in [1.807, 2.05) is 32.2 Å². The van der Waals surface area contributed by atoms with Crippen LogP contribution in [0.25, 0.3) is 15.7 Å². The second-order valence-corrected chi connectivity index (χ2v) is 9.30. The molecule has 0 saturated heterocycles. The van der Waals surface area contributed by atoms with E-state index < -0.39 is 0 Å². The number of aromatic nitrogens is 4. The van der Waals surface area contributed by atoms with Crippen LogP contribution in [-0.2, 0) is 17.6 Å². The Balaban J connectivity index is 1.50. The van der Waals surface area contributed by atoms with Crippen LogP contribution >= 0.6 is 22.9 Å². The van der Waals surface area contributed by atoms with E-state index in [9.17, 15) is 4.79 Å². The highest BCUT2D eigenvalue weighted by atomic mass is 35.5. The van der Waals surface area contributed by atoms with Crippen LogP contribution in [0.3, 0.4) is 0 Å². The summed E-state index contributed by atoms with van der Waals surface area (Å²) < 4.78 is 1.73. The Hall–Kier alpha value is -2.71. The standard InChI is InChI=1S/C21H21ClN6OS/c1-11(2)26-20(29)12-3-4-13-16(9-12)30-21-17(13)19(23-10-24-21)27-14-6-8-28-15(18(14)22)5-7-25-28/h5-8,10-12H,3-4,9H2,1-2H3,(H,26,29)(H,23,24,27)/t12-/m0/s1. The SMILES string of the molecule is CC(C)NC(=O)[C@H]1CCc2c(sc3ncnc(Nc4ccn5nccc5c4Cl)c23)C1. The normalized spacial score (nSPS) is 16.2. The van der Waals surface area contributed by atoms with Crippen LogP contribution in [0.2, 0.25) is 5.02 Å². The van der Waals surface area contributed by atoms with Gasteiger partial charge in [-0.25, -0.2) is 14.5 Å². The molecule has 0 unspecified atom stereocenters. The minimum Gasteiger partial charge on any atom is -0.354 e. The zero-order chi connectivity index (χ0) is 20.8. The average molecular weight is 441 g/mol. The van der Waals surface area contributed by atoms with Crippen LogP contribution in [0.5, 0.6) is 0 Å². The van der Waals surface area contributed by atoms with Crippen molar-refractivity contribution in [3.8, 4) is 0 Å². The van der Waals surface area contributed by atoms with E-state index >= 15 is 0 Å². The molecule has 0 radical (unpaired) electrons. The maximum Gasteiger partial charge on any atom is 0.223 e. The van der Waals surface area contributed by atoms with Gasteiger partial charge in [0.25, 0.3) is 0 Å². The molecule has 4 aromatic heterocycles. The van der Waals surface area contributed by atoms with Crippen molar-refractivity contribution in [2.75, 3.05) is 5.32 Å². The van der Waals surface area contributed by atoms with E-state index in [2.05, 4.69) is 25.7 Å². The number of thiophene rings is 1. The van der Waals surface area contributed by atoms with Gasteiger partial charge in [-0.2, -0.15) is 5.10 Å². The van der Waals surface area contributed by atoms with Gasteiger partial charge in [0.1, 0.15) is 17.0 Å². The first-order valence-corrected chi connectivity index (χ1v) is 11.1. The van der Waals surface area contributed by atoms with Gasteiger partial charge in [-0.1, -0.05) is 11.6 Å². The number of pyridine rings is 1. The zero-order valence-electron chi connectivity index (χ0n) is 16.6. The number of rotatable bonds is 4. The first-order valence-electron chi connectivity index (χ1n) is 9.95. The summed E-state index contributed by atoms with van der Waals surface area (Å²) in [6, 6.07) is 3.92. The van der Waals surface area contributed by atoms with Crippen LogP contribution in [-0.4, -0.2) is 31.5 Å². The van der Waals surface area contributed by atoms with Crippen molar-refractivity contribution in [2.45, 2.75) is 39.2 Å². The van der Waals surface area contributed by atoms with Crippen LogP contribution in [0.1, 0.15) is 30.7 Å². The van der Waals surface area contributed by atoms with Crippen molar-refractivity contribution in [3.05, 3.63) is 46.3 Å². The topological polar surface area (TPSA) is 84.2 Å². The van der Waals surface area contributed by atoms with Gasteiger partial charge in [-0.3, -0.25) is 4.79 Å². The van der Waals surface area contributed by atoms with Crippen LogP contribution in [0.4, 0.5) is 11.5 Å². The first kappa shape index (κ1) is 19.3. The van der Waals surface area contributed by atoms with Gasteiger partial charge in [0, 0.05) is 23.0 Å². The van der Waals surface area contributed by atoms with E-state index in [0.717, 1.165) is 46.5 Å². The molecule has 154 valence electrons. The van der Waals surface area contributed by atoms with Gasteiger partial charge in [0.2, 0.25) is 5.91 Å².